The minimum atomic E-state index is 0.784. The van der Waals surface area contributed by atoms with Crippen molar-refractivity contribution in [1.29, 1.82) is 10.8 Å². The fourth-order valence-corrected chi connectivity index (χ4v) is 4.85. The predicted octanol–water partition coefficient (Wildman–Crippen LogP) is 7.09. The molecule has 0 atom stereocenters. The van der Waals surface area contributed by atoms with E-state index < -0.39 is 0 Å². The number of nitrogens with one attached hydrogen (secondary N) is 2. The molecule has 0 unspecified atom stereocenters. The average Bonchev–Trinajstić information content (AvgIpc) is 3.19. The maximum absolute atomic E-state index is 7.79. The fourth-order valence-electron chi connectivity index (χ4n) is 4.85. The third kappa shape index (κ3) is 2.47. The van der Waals surface area contributed by atoms with E-state index in [0.717, 1.165) is 27.8 Å². The Bertz CT molecular complexity index is 1640. The van der Waals surface area contributed by atoms with Crippen molar-refractivity contribution in [2.24, 2.45) is 0 Å². The van der Waals surface area contributed by atoms with Gasteiger partial charge in [-0.2, -0.15) is 0 Å². The van der Waals surface area contributed by atoms with E-state index in [0.29, 0.717) is 0 Å². The molecule has 0 aliphatic carbocycles. The Hall–Kier alpha value is -4.24. The minimum absolute atomic E-state index is 0.784. The first-order valence-electron chi connectivity index (χ1n) is 10.3. The zero-order chi connectivity index (χ0) is 20.9. The molecule has 0 spiro atoms. The fraction of sp³-hybridized carbons (Fsp3) is 0. The van der Waals surface area contributed by atoms with Gasteiger partial charge in [-0.25, -0.2) is 0 Å². The van der Waals surface area contributed by atoms with E-state index in [1.165, 1.54) is 44.7 Å². The van der Waals surface area contributed by atoms with Gasteiger partial charge in [0.15, 0.2) is 0 Å². The summed E-state index contributed by atoms with van der Waals surface area (Å²) in [5, 5.41) is 22.9. The molecule has 0 saturated heterocycles. The van der Waals surface area contributed by atoms with Crippen LogP contribution >= 0.6 is 0 Å². The lowest BCUT2D eigenvalue weighted by Crippen LogP contribution is -1.98. The molecule has 0 aliphatic heterocycles. The maximum atomic E-state index is 7.79. The zero-order valence-electron chi connectivity index (χ0n) is 16.8. The van der Waals surface area contributed by atoms with Crippen LogP contribution in [-0.2, 0) is 0 Å². The molecule has 5 aromatic carbocycles. The topological polar surface area (TPSA) is 52.6 Å². The van der Waals surface area contributed by atoms with Gasteiger partial charge in [0.05, 0.1) is 11.0 Å². The van der Waals surface area contributed by atoms with Crippen molar-refractivity contribution in [2.45, 2.75) is 0 Å². The van der Waals surface area contributed by atoms with Crippen LogP contribution in [0.1, 0.15) is 11.1 Å². The van der Waals surface area contributed by atoms with Gasteiger partial charge in [-0.1, -0.05) is 66.7 Å². The lowest BCUT2D eigenvalue weighted by Gasteiger charge is -2.13. The van der Waals surface area contributed by atoms with Crippen molar-refractivity contribution in [3.8, 4) is 5.69 Å². The molecular formula is C28H19N3. The van der Waals surface area contributed by atoms with Crippen LogP contribution in [-0.4, -0.2) is 17.0 Å². The summed E-state index contributed by atoms with van der Waals surface area (Å²) in [5.74, 6) is 0. The van der Waals surface area contributed by atoms with Crippen LogP contribution in [0.15, 0.2) is 91.0 Å². The second kappa shape index (κ2) is 6.64. The van der Waals surface area contributed by atoms with Gasteiger partial charge < -0.3 is 15.4 Å². The summed E-state index contributed by atoms with van der Waals surface area (Å²) in [6, 6.07) is 31.6. The van der Waals surface area contributed by atoms with Gasteiger partial charge in [-0.3, -0.25) is 0 Å². The number of benzene rings is 5. The Morgan fingerprint density at radius 3 is 1.71 bits per heavy atom. The van der Waals surface area contributed by atoms with E-state index in [9.17, 15) is 0 Å². The van der Waals surface area contributed by atoms with Crippen molar-refractivity contribution >= 4 is 55.8 Å². The summed E-state index contributed by atoms with van der Waals surface area (Å²) in [4.78, 5) is 0. The van der Waals surface area contributed by atoms with Crippen molar-refractivity contribution in [2.75, 3.05) is 0 Å². The molecule has 0 radical (unpaired) electrons. The van der Waals surface area contributed by atoms with E-state index in [1.54, 1.807) is 0 Å². The van der Waals surface area contributed by atoms with E-state index >= 15 is 0 Å². The Labute approximate surface area is 179 Å². The molecule has 1 heterocycles. The Morgan fingerprint density at radius 2 is 1.06 bits per heavy atom. The van der Waals surface area contributed by atoms with Gasteiger partial charge in [-0.05, 0) is 51.6 Å². The van der Waals surface area contributed by atoms with Gasteiger partial charge >= 0.3 is 0 Å². The van der Waals surface area contributed by atoms with Crippen LogP contribution in [0.4, 0.5) is 0 Å². The smallest absolute Gasteiger partial charge is 0.0625 e. The number of nitrogens with zero attached hydrogens (tertiary/aromatic N) is 1. The highest BCUT2D eigenvalue weighted by molar-refractivity contribution is 6.32. The first kappa shape index (κ1) is 17.6. The highest BCUT2D eigenvalue weighted by Crippen LogP contribution is 2.42. The molecular weight excluding hydrogens is 378 g/mol. The van der Waals surface area contributed by atoms with Gasteiger partial charge in [0, 0.05) is 34.3 Å². The first-order valence-corrected chi connectivity index (χ1v) is 10.3. The Morgan fingerprint density at radius 1 is 0.548 bits per heavy atom. The largest absolute Gasteiger partial charge is 0.309 e. The first-order chi connectivity index (χ1) is 15.3. The monoisotopic (exact) mass is 397 g/mol. The van der Waals surface area contributed by atoms with E-state index in [4.69, 9.17) is 10.8 Å². The highest BCUT2D eigenvalue weighted by Gasteiger charge is 2.18. The molecule has 31 heavy (non-hydrogen) atoms. The maximum Gasteiger partial charge on any atom is 0.0625 e. The van der Waals surface area contributed by atoms with Crippen LogP contribution in [0.3, 0.4) is 0 Å². The van der Waals surface area contributed by atoms with Crippen LogP contribution in [0.5, 0.6) is 0 Å². The van der Waals surface area contributed by atoms with E-state index in [-0.39, 0.29) is 0 Å². The van der Waals surface area contributed by atoms with E-state index in [2.05, 4.69) is 77.4 Å². The molecule has 6 aromatic rings. The molecule has 0 bridgehead atoms. The van der Waals surface area contributed by atoms with Crippen molar-refractivity contribution in [1.82, 2.24) is 4.57 Å². The molecule has 0 aliphatic rings. The van der Waals surface area contributed by atoms with Gasteiger partial charge in [-0.15, -0.1) is 0 Å². The second-order valence-corrected chi connectivity index (χ2v) is 7.81. The summed E-state index contributed by atoms with van der Waals surface area (Å²) in [6.07, 6.45) is 2.69. The molecule has 2 N–H and O–H groups in total. The molecule has 6 rings (SSSR count). The number of aromatic nitrogens is 1. The normalized spacial score (nSPS) is 11.5. The molecule has 1 aromatic heterocycles. The molecule has 0 amide bonds. The SMILES string of the molecule is N=Cc1cc(C=N)cc(-n2c3ccccc3c3c4ccccc4c4ccccc4c32)c1. The number of hydrogen-bond donors (Lipinski definition) is 2. The Kier molecular flexibility index (Phi) is 3.77. The standard InChI is InChI=1S/C28H19N3/c29-16-18-13-19(17-30)15-20(14-18)31-26-12-6-5-11-25(26)27-23-9-3-1-7-21(23)22-8-2-4-10-24(22)28(27)31/h1-17,29-30H. The molecule has 0 saturated carbocycles. The van der Waals surface area contributed by atoms with E-state index in [1.807, 2.05) is 18.2 Å². The third-order valence-corrected chi connectivity index (χ3v) is 6.10. The van der Waals surface area contributed by atoms with Gasteiger partial charge in [0.2, 0.25) is 0 Å². The predicted molar refractivity (Wildman–Crippen MR) is 132 cm³/mol. The summed E-state index contributed by atoms with van der Waals surface area (Å²) >= 11 is 0. The molecule has 0 fully saturated rings. The van der Waals surface area contributed by atoms with Crippen molar-refractivity contribution < 1.29 is 0 Å². The lowest BCUT2D eigenvalue weighted by molar-refractivity contribution is 1.18. The quantitative estimate of drug-likeness (QED) is 0.237. The van der Waals surface area contributed by atoms with Gasteiger partial charge in [0.1, 0.15) is 0 Å². The zero-order valence-corrected chi connectivity index (χ0v) is 16.8. The Balaban J connectivity index is 1.94. The van der Waals surface area contributed by atoms with Crippen LogP contribution in [0.25, 0.3) is 49.0 Å². The summed E-state index contributed by atoms with van der Waals surface area (Å²) in [5.41, 5.74) is 4.82. The number of fused-ring (bicyclic) bond motifs is 8. The number of hydrogen-bond acceptors (Lipinski definition) is 2. The summed E-state index contributed by atoms with van der Waals surface area (Å²) < 4.78 is 2.29. The number of rotatable bonds is 3. The molecule has 3 heteroatoms. The van der Waals surface area contributed by atoms with Crippen molar-refractivity contribution in [3.63, 3.8) is 0 Å². The second-order valence-electron chi connectivity index (χ2n) is 7.81. The minimum Gasteiger partial charge on any atom is -0.309 e. The summed E-state index contributed by atoms with van der Waals surface area (Å²) in [7, 11) is 0. The molecule has 3 nitrogen and oxygen atoms in total. The average molecular weight is 397 g/mol. The van der Waals surface area contributed by atoms with Gasteiger partial charge in [0.25, 0.3) is 0 Å². The third-order valence-electron chi connectivity index (χ3n) is 6.10. The molecule has 146 valence electrons. The number of para-hydroxylation sites is 1. The van der Waals surface area contributed by atoms with Crippen LogP contribution in [0.2, 0.25) is 0 Å². The van der Waals surface area contributed by atoms with Crippen LogP contribution in [0, 0.1) is 10.8 Å². The summed E-state index contributed by atoms with van der Waals surface area (Å²) in [6.45, 7) is 0. The highest BCUT2D eigenvalue weighted by atomic mass is 15.0. The lowest BCUT2D eigenvalue weighted by atomic mass is 9.97. The van der Waals surface area contributed by atoms with Crippen molar-refractivity contribution in [3.05, 3.63) is 102 Å². The van der Waals surface area contributed by atoms with Crippen LogP contribution < -0.4 is 0 Å².